The summed E-state index contributed by atoms with van der Waals surface area (Å²) in [5.41, 5.74) is 4.07. The highest BCUT2D eigenvalue weighted by molar-refractivity contribution is 6.30. The molecule has 0 spiro atoms. The second-order valence-electron chi connectivity index (χ2n) is 7.07. The van der Waals surface area contributed by atoms with Crippen LogP contribution in [0.1, 0.15) is 34.8 Å². The maximum Gasteiger partial charge on any atom is 0.251 e. The molecule has 2 aromatic carbocycles. The molecule has 31 heavy (non-hydrogen) atoms. The van der Waals surface area contributed by atoms with Crippen molar-refractivity contribution in [1.82, 2.24) is 10.8 Å². The number of carbonyl (C=O) groups excluding carboxylic acids is 2. The van der Waals surface area contributed by atoms with E-state index in [-0.39, 0.29) is 19.3 Å². The molecule has 7 nitrogen and oxygen atoms in total. The summed E-state index contributed by atoms with van der Waals surface area (Å²) in [6.07, 6.45) is 4.20. The van der Waals surface area contributed by atoms with Gasteiger partial charge in [0.15, 0.2) is 0 Å². The molecule has 2 rings (SSSR count). The quantitative estimate of drug-likeness (QED) is 0.160. The Bertz CT molecular complexity index is 869. The van der Waals surface area contributed by atoms with E-state index in [1.54, 1.807) is 24.5 Å². The molecule has 2 amide bonds. The number of benzene rings is 2. The number of carbonyl (C=O) groups is 2. The third-order valence-electron chi connectivity index (χ3n) is 4.56. The number of methoxy groups -OCH3 is 1. The highest BCUT2D eigenvalue weighted by atomic mass is 35.5. The first-order valence-corrected chi connectivity index (χ1v) is 10.2. The Morgan fingerprint density at radius 3 is 2.19 bits per heavy atom. The van der Waals surface area contributed by atoms with Crippen LogP contribution < -0.4 is 10.8 Å². The van der Waals surface area contributed by atoms with Crippen molar-refractivity contribution < 1.29 is 24.3 Å². The normalized spacial score (nSPS) is 13.0. The minimum Gasteiger partial charge on any atom is -0.359 e. The largest absolute Gasteiger partial charge is 0.359 e. The molecule has 0 heterocycles. The lowest BCUT2D eigenvalue weighted by Crippen LogP contribution is -2.41. The highest BCUT2D eigenvalue weighted by Gasteiger charge is 2.21. The molecular formula is C23H27ClN2O5. The first-order chi connectivity index (χ1) is 14.9. The number of halogens is 1. The average molecular weight is 447 g/mol. The van der Waals surface area contributed by atoms with Crippen molar-refractivity contribution >= 4 is 35.6 Å². The van der Waals surface area contributed by atoms with Gasteiger partial charge in [0, 0.05) is 23.6 Å². The maximum absolute atomic E-state index is 12.7. The van der Waals surface area contributed by atoms with E-state index in [4.69, 9.17) is 26.3 Å². The van der Waals surface area contributed by atoms with E-state index in [1.165, 1.54) is 7.11 Å². The first-order valence-electron chi connectivity index (χ1n) is 9.78. The van der Waals surface area contributed by atoms with Gasteiger partial charge in [-0.15, -0.1) is 0 Å². The van der Waals surface area contributed by atoms with Gasteiger partial charge in [-0.3, -0.25) is 14.8 Å². The molecule has 0 radical (unpaired) electrons. The van der Waals surface area contributed by atoms with Crippen molar-refractivity contribution in [2.75, 3.05) is 20.5 Å². The fourth-order valence-corrected chi connectivity index (χ4v) is 2.99. The molecule has 8 heteroatoms. The van der Waals surface area contributed by atoms with Crippen molar-refractivity contribution in [2.45, 2.75) is 19.4 Å². The molecule has 166 valence electrons. The molecule has 2 unspecified atom stereocenters. The van der Waals surface area contributed by atoms with Gasteiger partial charge >= 0.3 is 0 Å². The summed E-state index contributed by atoms with van der Waals surface area (Å²) in [7, 11) is 1.50. The second-order valence-corrected chi connectivity index (χ2v) is 7.50. The van der Waals surface area contributed by atoms with Crippen molar-refractivity contribution in [2.24, 2.45) is 5.92 Å². The van der Waals surface area contributed by atoms with Crippen LogP contribution in [0.3, 0.4) is 0 Å². The van der Waals surface area contributed by atoms with Crippen molar-refractivity contribution in [3.05, 3.63) is 70.2 Å². The van der Waals surface area contributed by atoms with E-state index in [0.717, 1.165) is 11.1 Å². The Morgan fingerprint density at radius 1 is 1.06 bits per heavy atom. The van der Waals surface area contributed by atoms with E-state index in [9.17, 15) is 9.59 Å². The van der Waals surface area contributed by atoms with Crippen LogP contribution in [0.2, 0.25) is 5.02 Å². The molecule has 0 aliphatic rings. The summed E-state index contributed by atoms with van der Waals surface area (Å²) < 4.78 is 10.2. The summed E-state index contributed by atoms with van der Waals surface area (Å²) >= 11 is 5.89. The third kappa shape index (κ3) is 8.51. The van der Waals surface area contributed by atoms with Crippen LogP contribution in [0, 0.1) is 5.92 Å². The van der Waals surface area contributed by atoms with Crippen LogP contribution >= 0.6 is 11.6 Å². The van der Waals surface area contributed by atoms with Gasteiger partial charge in [0.1, 0.15) is 6.79 Å². The van der Waals surface area contributed by atoms with Crippen LogP contribution in [0.15, 0.2) is 48.5 Å². The van der Waals surface area contributed by atoms with E-state index >= 15 is 0 Å². The monoisotopic (exact) mass is 446 g/mol. The summed E-state index contributed by atoms with van der Waals surface area (Å²) in [6.45, 7) is 1.90. The van der Waals surface area contributed by atoms with Gasteiger partial charge in [-0.25, -0.2) is 5.48 Å². The molecule has 0 bridgehead atoms. The molecule has 0 aromatic heterocycles. The van der Waals surface area contributed by atoms with Gasteiger partial charge in [-0.2, -0.15) is 0 Å². The number of amides is 2. The molecule has 0 saturated carbocycles. The Hall–Kier alpha value is -2.71. The Labute approximate surface area is 187 Å². The lowest BCUT2D eigenvalue weighted by Gasteiger charge is -2.21. The number of hydrogen-bond donors (Lipinski definition) is 3. The van der Waals surface area contributed by atoms with Crippen LogP contribution in [0.25, 0.3) is 12.2 Å². The zero-order valence-corrected chi connectivity index (χ0v) is 18.3. The van der Waals surface area contributed by atoms with Gasteiger partial charge in [-0.1, -0.05) is 54.9 Å². The number of hydrogen-bond acceptors (Lipinski definition) is 5. The summed E-state index contributed by atoms with van der Waals surface area (Å²) in [6, 6.07) is 14.2. The second kappa shape index (κ2) is 12.9. The van der Waals surface area contributed by atoms with Gasteiger partial charge in [0.05, 0.1) is 12.6 Å². The van der Waals surface area contributed by atoms with E-state index in [1.807, 2.05) is 48.6 Å². The maximum atomic E-state index is 12.7. The predicted molar refractivity (Wildman–Crippen MR) is 120 cm³/mol. The van der Waals surface area contributed by atoms with Crippen LogP contribution in [-0.2, 0) is 14.3 Å². The summed E-state index contributed by atoms with van der Waals surface area (Å²) in [5, 5.41) is 12.4. The highest BCUT2D eigenvalue weighted by Crippen LogP contribution is 2.14. The number of nitrogens with one attached hydrogen (secondary N) is 2. The lowest BCUT2D eigenvalue weighted by molar-refractivity contribution is -0.133. The molecule has 0 aliphatic heterocycles. The SMILES string of the molecule is COCOCC(CC(C)C(=O)NO)NC(=O)c1ccc(/C=C/c2ccc(Cl)cc2)cc1. The summed E-state index contributed by atoms with van der Waals surface area (Å²) in [5.74, 6) is -1.32. The van der Waals surface area contributed by atoms with E-state index in [0.29, 0.717) is 17.0 Å². The number of rotatable bonds is 11. The average Bonchev–Trinajstić information content (AvgIpc) is 2.78. The number of hydroxylamine groups is 1. The lowest BCUT2D eigenvalue weighted by atomic mass is 10.0. The van der Waals surface area contributed by atoms with Crippen LogP contribution in [-0.4, -0.2) is 43.6 Å². The minimum absolute atomic E-state index is 0.0710. The van der Waals surface area contributed by atoms with Gasteiger partial charge in [0.2, 0.25) is 5.91 Å². The topological polar surface area (TPSA) is 96.9 Å². The molecule has 2 aromatic rings. The molecule has 3 N–H and O–H groups in total. The fourth-order valence-electron chi connectivity index (χ4n) is 2.87. The molecule has 2 atom stereocenters. The molecule has 0 fully saturated rings. The van der Waals surface area contributed by atoms with E-state index < -0.39 is 17.9 Å². The predicted octanol–water partition coefficient (Wildman–Crippen LogP) is 3.76. The first kappa shape index (κ1) is 24.6. The van der Waals surface area contributed by atoms with Crippen LogP contribution in [0.4, 0.5) is 0 Å². The Kier molecular flexibility index (Phi) is 10.2. The van der Waals surface area contributed by atoms with Gasteiger partial charge in [0.25, 0.3) is 5.91 Å². The molecular weight excluding hydrogens is 420 g/mol. The Morgan fingerprint density at radius 2 is 1.65 bits per heavy atom. The fraction of sp³-hybridized carbons (Fsp3) is 0.304. The minimum atomic E-state index is -0.525. The van der Waals surface area contributed by atoms with Crippen molar-refractivity contribution in [3.8, 4) is 0 Å². The third-order valence-corrected chi connectivity index (χ3v) is 4.81. The molecule has 0 aliphatic carbocycles. The van der Waals surface area contributed by atoms with E-state index in [2.05, 4.69) is 5.32 Å². The van der Waals surface area contributed by atoms with Crippen molar-refractivity contribution in [1.29, 1.82) is 0 Å². The van der Waals surface area contributed by atoms with Crippen LogP contribution in [0.5, 0.6) is 0 Å². The van der Waals surface area contributed by atoms with Crippen molar-refractivity contribution in [3.63, 3.8) is 0 Å². The zero-order valence-electron chi connectivity index (χ0n) is 17.5. The molecule has 0 saturated heterocycles. The van der Waals surface area contributed by atoms with Gasteiger partial charge in [-0.05, 0) is 41.8 Å². The summed E-state index contributed by atoms with van der Waals surface area (Å²) in [4.78, 5) is 24.3. The zero-order chi connectivity index (χ0) is 22.6. The number of ether oxygens (including phenoxy) is 2. The standard InChI is InChI=1S/C23H27ClN2O5/c1-16(22(27)26-29)13-21(14-31-15-30-2)25-23(28)19-9-5-17(6-10-19)3-4-18-7-11-20(24)12-8-18/h3-12,16,21,29H,13-15H2,1-2H3,(H,25,28)(H,26,27)/b4-3+. The smallest absolute Gasteiger partial charge is 0.251 e. The van der Waals surface area contributed by atoms with Gasteiger partial charge < -0.3 is 14.8 Å². The Balaban J connectivity index is 1.99.